The fourth-order valence-corrected chi connectivity index (χ4v) is 10.6. The summed E-state index contributed by atoms with van der Waals surface area (Å²) < 4.78 is 71.1. The van der Waals surface area contributed by atoms with E-state index >= 15 is 0 Å². The number of methoxy groups -OCH3 is 1. The molecule has 3 aliphatic carbocycles. The second-order valence-electron chi connectivity index (χ2n) is 14.3. The maximum Gasteiger partial charge on any atom is 0.389 e. The first-order chi connectivity index (χ1) is 23.3. The summed E-state index contributed by atoms with van der Waals surface area (Å²) in [6.07, 6.45) is 2.34. The predicted octanol–water partition coefficient (Wildman–Crippen LogP) is 7.19. The highest BCUT2D eigenvalue weighted by atomic mass is 35.5. The van der Waals surface area contributed by atoms with Crippen molar-refractivity contribution >= 4 is 39.0 Å². The number of hydrogen-bond acceptors (Lipinski definition) is 6. The maximum absolute atomic E-state index is 14.0. The molecular formula is C36H41ClF3N3O5S. The molecule has 49 heavy (non-hydrogen) atoms. The Balaban J connectivity index is 1.25. The predicted molar refractivity (Wildman–Crippen MR) is 181 cm³/mol. The van der Waals surface area contributed by atoms with Crippen molar-refractivity contribution in [3.8, 4) is 5.75 Å². The van der Waals surface area contributed by atoms with E-state index in [1.807, 2.05) is 12.1 Å². The molecule has 1 unspecified atom stereocenters. The van der Waals surface area contributed by atoms with Crippen LogP contribution in [0.15, 0.2) is 52.9 Å². The average molecular weight is 720 g/mol. The van der Waals surface area contributed by atoms with Gasteiger partial charge in [0, 0.05) is 55.0 Å². The molecule has 2 bridgehead atoms. The van der Waals surface area contributed by atoms with Crippen molar-refractivity contribution in [1.82, 2.24) is 4.72 Å². The minimum absolute atomic E-state index is 0.129. The normalized spacial score (nSPS) is 32.8. The standard InChI is InChI=1S/C36H41ClF3N3O5S/c1-47-35-14-3-2-4-16-49(46,41-31(44)8-6-15-36(38,39)40)42-33(45)24-9-12-30-29(19-24)43(20-25-18-28(35)32(25)35)21-34(22-48-30)13-5-7-23-17-26(37)10-11-27(23)34/h3,9-12,14,17,19,25,28,32H,2,4-8,13,15-16,18,20-22H2,1H3,(H,41,42,44,45,46)/b14-3+/t25-,28?,32-,34-,35-,49+/m0/s1. The van der Waals surface area contributed by atoms with Gasteiger partial charge in [0.05, 0.1) is 23.6 Å². The van der Waals surface area contributed by atoms with Gasteiger partial charge in [-0.2, -0.15) is 13.2 Å². The number of aryl methyl sites for hydroxylation is 1. The molecule has 2 aromatic rings. The molecule has 1 N–H and O–H groups in total. The van der Waals surface area contributed by atoms with E-state index in [1.54, 1.807) is 25.3 Å². The van der Waals surface area contributed by atoms with Crippen molar-refractivity contribution in [2.24, 2.45) is 22.1 Å². The van der Waals surface area contributed by atoms with Gasteiger partial charge in [0.25, 0.3) is 5.91 Å². The lowest BCUT2D eigenvalue weighted by atomic mass is 9.70. The Morgan fingerprint density at radius 2 is 2.06 bits per heavy atom. The lowest BCUT2D eigenvalue weighted by Crippen LogP contribution is -2.47. The van der Waals surface area contributed by atoms with Gasteiger partial charge in [-0.15, -0.1) is 4.36 Å². The van der Waals surface area contributed by atoms with Crippen LogP contribution in [0, 0.1) is 17.8 Å². The average Bonchev–Trinajstić information content (AvgIpc) is 3.61. The number of allylic oxidation sites excluding steroid dienone is 1. The second kappa shape index (κ2) is 12.9. The number of nitrogens with one attached hydrogen (secondary N) is 1. The molecular weight excluding hydrogens is 679 g/mol. The minimum atomic E-state index is -4.41. The third-order valence-corrected chi connectivity index (χ3v) is 13.2. The van der Waals surface area contributed by atoms with Gasteiger partial charge in [0.2, 0.25) is 5.91 Å². The molecule has 2 saturated carbocycles. The first-order valence-electron chi connectivity index (χ1n) is 17.0. The summed E-state index contributed by atoms with van der Waals surface area (Å²) in [5.41, 5.74) is 2.72. The zero-order valence-electron chi connectivity index (χ0n) is 27.4. The summed E-state index contributed by atoms with van der Waals surface area (Å²) >= 11 is 6.41. The van der Waals surface area contributed by atoms with Crippen molar-refractivity contribution in [2.45, 2.75) is 75.0 Å². The maximum atomic E-state index is 14.0. The van der Waals surface area contributed by atoms with E-state index in [1.165, 1.54) is 11.1 Å². The molecule has 5 aliphatic rings. The van der Waals surface area contributed by atoms with Gasteiger partial charge in [-0.3, -0.25) is 14.3 Å². The number of carbonyl (C=O) groups is 2. The van der Waals surface area contributed by atoms with Crippen LogP contribution in [-0.2, 0) is 31.3 Å². The van der Waals surface area contributed by atoms with E-state index in [9.17, 15) is 27.0 Å². The zero-order valence-corrected chi connectivity index (χ0v) is 29.0. The lowest BCUT2D eigenvalue weighted by molar-refractivity contribution is -0.137. The number of amides is 2. The minimum Gasteiger partial charge on any atom is -0.490 e. The number of carbonyl (C=O) groups excluding carboxylic acids is 2. The van der Waals surface area contributed by atoms with E-state index in [-0.39, 0.29) is 22.3 Å². The van der Waals surface area contributed by atoms with Gasteiger partial charge in [0.1, 0.15) is 15.7 Å². The Kier molecular flexibility index (Phi) is 9.05. The molecule has 264 valence electrons. The van der Waals surface area contributed by atoms with Crippen LogP contribution in [0.1, 0.15) is 72.9 Å². The quantitative estimate of drug-likeness (QED) is 0.329. The van der Waals surface area contributed by atoms with Crippen molar-refractivity contribution < 1.29 is 36.4 Å². The molecule has 7 rings (SSSR count). The van der Waals surface area contributed by atoms with Crippen molar-refractivity contribution in [2.75, 3.05) is 37.5 Å². The summed E-state index contributed by atoms with van der Waals surface area (Å²) in [5, 5.41) is 0.706. The lowest BCUT2D eigenvalue weighted by Gasteiger charge is -2.42. The monoisotopic (exact) mass is 719 g/mol. The molecule has 13 heteroatoms. The summed E-state index contributed by atoms with van der Waals surface area (Å²) in [4.78, 5) is 28.7. The van der Waals surface area contributed by atoms with Gasteiger partial charge in [0.15, 0.2) is 0 Å². The van der Waals surface area contributed by atoms with E-state index in [2.05, 4.69) is 32.2 Å². The van der Waals surface area contributed by atoms with E-state index in [0.29, 0.717) is 54.5 Å². The molecule has 0 saturated heterocycles. The van der Waals surface area contributed by atoms with E-state index < -0.39 is 47.2 Å². The first kappa shape index (κ1) is 34.4. The summed E-state index contributed by atoms with van der Waals surface area (Å²) in [7, 11) is -1.89. The van der Waals surface area contributed by atoms with Gasteiger partial charge in [-0.05, 0) is 98.2 Å². The number of anilines is 1. The Morgan fingerprint density at radius 3 is 2.86 bits per heavy atom. The fourth-order valence-electron chi connectivity index (χ4n) is 8.75. The van der Waals surface area contributed by atoms with Gasteiger partial charge in [-0.1, -0.05) is 29.8 Å². The summed E-state index contributed by atoms with van der Waals surface area (Å²) in [5.74, 6) is 0.0280. The van der Waals surface area contributed by atoms with Crippen LogP contribution in [0.2, 0.25) is 5.02 Å². The van der Waals surface area contributed by atoms with Gasteiger partial charge < -0.3 is 14.4 Å². The number of halogens is 4. The largest absolute Gasteiger partial charge is 0.490 e. The highest BCUT2D eigenvalue weighted by molar-refractivity contribution is 7.92. The molecule has 6 atom stereocenters. The molecule has 2 aromatic carbocycles. The van der Waals surface area contributed by atoms with Crippen LogP contribution in [-0.4, -0.2) is 60.4 Å². The van der Waals surface area contributed by atoms with Gasteiger partial charge >= 0.3 is 6.18 Å². The third-order valence-electron chi connectivity index (χ3n) is 11.1. The number of nitrogens with zero attached hydrogens (tertiary/aromatic N) is 2. The number of fused-ring (bicyclic) bond motifs is 4. The van der Waals surface area contributed by atoms with Crippen LogP contribution in [0.25, 0.3) is 0 Å². The van der Waals surface area contributed by atoms with Crippen LogP contribution >= 0.6 is 11.6 Å². The number of alkyl halides is 3. The van der Waals surface area contributed by atoms with E-state index in [4.69, 9.17) is 21.1 Å². The first-order valence-corrected chi connectivity index (χ1v) is 19.1. The number of ether oxygens (including phenoxy) is 2. The Hall–Kier alpha value is -3.09. The second-order valence-corrected chi connectivity index (χ2v) is 16.8. The summed E-state index contributed by atoms with van der Waals surface area (Å²) in [6, 6.07) is 11.2. The topological polar surface area (TPSA) is 97.3 Å². The smallest absolute Gasteiger partial charge is 0.389 e. The number of hydrogen-bond donors (Lipinski definition) is 1. The molecule has 0 radical (unpaired) electrons. The molecule has 1 spiro atoms. The van der Waals surface area contributed by atoms with E-state index in [0.717, 1.165) is 37.9 Å². The highest BCUT2D eigenvalue weighted by Crippen LogP contribution is 2.70. The van der Waals surface area contributed by atoms with Crippen molar-refractivity contribution in [1.29, 1.82) is 0 Å². The summed E-state index contributed by atoms with van der Waals surface area (Å²) in [6.45, 7) is 1.86. The SMILES string of the molecule is CO[C@@]12/C=C/CCC[S@@](=O)(NC(=O)CCCC(F)(F)F)=NC(=O)c3ccc4c(c3)N(C[C@@H]3CC1[C@H]32)C[C@@]1(CCCc2cc(Cl)ccc21)CO4. The molecule has 8 nitrogen and oxygen atoms in total. The molecule has 0 aromatic heterocycles. The van der Waals surface area contributed by atoms with Crippen LogP contribution < -0.4 is 14.4 Å². The molecule has 2 aliphatic heterocycles. The fraction of sp³-hybridized carbons (Fsp3) is 0.556. The molecule has 2 heterocycles. The Labute approximate surface area is 290 Å². The third kappa shape index (κ3) is 6.72. The number of benzene rings is 2. The Morgan fingerprint density at radius 1 is 1.22 bits per heavy atom. The highest BCUT2D eigenvalue weighted by Gasteiger charge is 2.73. The zero-order chi connectivity index (χ0) is 34.6. The Bertz CT molecular complexity index is 1810. The van der Waals surface area contributed by atoms with Crippen LogP contribution in [0.5, 0.6) is 5.75 Å². The van der Waals surface area contributed by atoms with Crippen LogP contribution in [0.4, 0.5) is 18.9 Å². The van der Waals surface area contributed by atoms with Gasteiger partial charge in [-0.25, -0.2) is 4.21 Å². The van der Waals surface area contributed by atoms with Crippen molar-refractivity contribution in [3.63, 3.8) is 0 Å². The van der Waals surface area contributed by atoms with Crippen molar-refractivity contribution in [3.05, 3.63) is 70.3 Å². The number of rotatable bonds is 5. The molecule has 2 amide bonds. The van der Waals surface area contributed by atoms with Crippen LogP contribution in [0.3, 0.4) is 0 Å². The molecule has 2 fully saturated rings.